The highest BCUT2D eigenvalue weighted by atomic mass is 35.5. The van der Waals surface area contributed by atoms with Gasteiger partial charge >= 0.3 is 18.5 Å². The summed E-state index contributed by atoms with van der Waals surface area (Å²) in [5, 5.41) is 5.67. The van der Waals surface area contributed by atoms with Crippen molar-refractivity contribution in [2.45, 2.75) is 37.8 Å². The van der Waals surface area contributed by atoms with Crippen LogP contribution in [-0.4, -0.2) is 9.97 Å². The zero-order valence-electron chi connectivity index (χ0n) is 22.6. The maximum atomic E-state index is 14.5. The van der Waals surface area contributed by atoms with E-state index in [1.807, 2.05) is 0 Å². The van der Waals surface area contributed by atoms with Crippen LogP contribution in [-0.2, 0) is 31.6 Å². The first-order chi connectivity index (χ1) is 21.4. The van der Waals surface area contributed by atoms with Gasteiger partial charge in [-0.05, 0) is 24.3 Å². The minimum Gasteiger partial charge on any atom is -0.365 e. The fraction of sp³-hybridized carbons (Fsp3) is 0.214. The summed E-state index contributed by atoms with van der Waals surface area (Å²) in [6.45, 7) is -1.27. The van der Waals surface area contributed by atoms with E-state index in [1.54, 1.807) is 0 Å². The molecule has 0 amide bonds. The predicted octanol–water partition coefficient (Wildman–Crippen LogP) is 9.63. The largest absolute Gasteiger partial charge is 0.451 e. The van der Waals surface area contributed by atoms with Gasteiger partial charge in [0.25, 0.3) is 0 Å². The highest BCUT2D eigenvalue weighted by Gasteiger charge is 2.45. The molecule has 0 aliphatic heterocycles. The lowest BCUT2D eigenvalue weighted by atomic mass is 10.1. The monoisotopic (exact) mass is 703 g/mol. The first kappa shape index (κ1) is 35.0. The Kier molecular flexibility index (Phi) is 10.2. The van der Waals surface area contributed by atoms with Gasteiger partial charge in [0.05, 0.1) is 26.9 Å². The van der Waals surface area contributed by atoms with E-state index in [-0.39, 0.29) is 11.1 Å². The predicted molar refractivity (Wildman–Crippen MR) is 147 cm³/mol. The van der Waals surface area contributed by atoms with Gasteiger partial charge in [-0.3, -0.25) is 5.32 Å². The van der Waals surface area contributed by atoms with E-state index in [4.69, 9.17) is 23.2 Å². The number of aromatic nitrogens is 2. The second kappa shape index (κ2) is 13.5. The number of halogens is 13. The Hall–Kier alpha value is -3.89. The van der Waals surface area contributed by atoms with Crippen LogP contribution in [0.5, 0.6) is 0 Å². The number of benzene rings is 3. The second-order valence-corrected chi connectivity index (χ2v) is 10.3. The Balaban J connectivity index is 1.93. The van der Waals surface area contributed by atoms with Crippen LogP contribution in [0.15, 0.2) is 60.7 Å². The van der Waals surface area contributed by atoms with Gasteiger partial charge in [0, 0.05) is 24.2 Å². The number of alkyl halides is 9. The normalized spacial score (nSPS) is 13.1. The van der Waals surface area contributed by atoms with E-state index in [0.29, 0.717) is 12.1 Å². The summed E-state index contributed by atoms with van der Waals surface area (Å²) >= 11 is 12.1. The summed E-state index contributed by atoms with van der Waals surface area (Å²) < 4.78 is 153. The minimum absolute atomic E-state index is 0.124. The molecule has 0 spiro atoms. The molecular weight excluding hydrogens is 686 g/mol. The van der Waals surface area contributed by atoms with E-state index in [0.717, 1.165) is 12.1 Å². The molecule has 0 saturated heterocycles. The van der Waals surface area contributed by atoms with Crippen molar-refractivity contribution in [3.05, 3.63) is 116 Å². The molecular formula is C28H18Cl2F11N5. The molecule has 0 aliphatic carbocycles. The van der Waals surface area contributed by atoms with Gasteiger partial charge in [0.1, 0.15) is 23.6 Å². The third kappa shape index (κ3) is 8.27. The van der Waals surface area contributed by atoms with Crippen LogP contribution in [0.4, 0.5) is 59.8 Å². The van der Waals surface area contributed by atoms with Crippen LogP contribution in [0.3, 0.4) is 0 Å². The first-order valence-corrected chi connectivity index (χ1v) is 13.4. The van der Waals surface area contributed by atoms with Crippen molar-refractivity contribution in [1.29, 1.82) is 0 Å². The lowest BCUT2D eigenvalue weighted by molar-refractivity contribution is -0.153. The van der Waals surface area contributed by atoms with Crippen molar-refractivity contribution < 1.29 is 48.3 Å². The van der Waals surface area contributed by atoms with Gasteiger partial charge in [-0.1, -0.05) is 59.6 Å². The molecule has 4 aromatic rings. The molecule has 0 bridgehead atoms. The van der Waals surface area contributed by atoms with Gasteiger partial charge in [0.2, 0.25) is 5.82 Å². The van der Waals surface area contributed by atoms with Crippen molar-refractivity contribution in [3.8, 4) is 0 Å². The molecule has 46 heavy (non-hydrogen) atoms. The quantitative estimate of drug-likeness (QED) is 0.120. The standard InChI is InChI=1S/C28H18Cl2F11N5/c29-16-9-15(26(33,34)35)10-17(30)21(16)44-23(42-11-13-5-1-3-7-18(13)31)20-22(27(36,37)38)45-25(28(39,40)41)46-24(20)43-12-14-6-2-4-8-19(14)32/h1-10,23,42,44H,11-12H2,(H,43,45,46). The molecule has 4 rings (SSSR count). The SMILES string of the molecule is Fc1ccccc1CNc1nc(C(F)(F)F)nc(C(F)(F)F)c1C(NCc1ccccc1F)Nc1c(Cl)cc(C(F)(F)F)cc1Cl. The van der Waals surface area contributed by atoms with Crippen LogP contribution in [0.25, 0.3) is 0 Å². The third-order valence-corrected chi connectivity index (χ3v) is 6.87. The Labute approximate surface area is 262 Å². The highest BCUT2D eigenvalue weighted by molar-refractivity contribution is 6.39. The molecule has 3 aromatic carbocycles. The average molecular weight is 704 g/mol. The van der Waals surface area contributed by atoms with Crippen molar-refractivity contribution in [3.63, 3.8) is 0 Å². The number of hydrogen-bond donors (Lipinski definition) is 3. The second-order valence-electron chi connectivity index (χ2n) is 9.46. The summed E-state index contributed by atoms with van der Waals surface area (Å²) in [5.74, 6) is -4.99. The van der Waals surface area contributed by atoms with Crippen LogP contribution in [0.2, 0.25) is 10.0 Å². The van der Waals surface area contributed by atoms with E-state index in [9.17, 15) is 48.3 Å². The molecule has 3 N–H and O–H groups in total. The van der Waals surface area contributed by atoms with Crippen molar-refractivity contribution in [2.75, 3.05) is 10.6 Å². The van der Waals surface area contributed by atoms with Crippen LogP contribution >= 0.6 is 23.2 Å². The summed E-state index contributed by atoms with van der Waals surface area (Å²) in [4.78, 5) is 5.98. The summed E-state index contributed by atoms with van der Waals surface area (Å²) in [6, 6.07) is 10.6. The molecule has 0 radical (unpaired) electrons. The lowest BCUT2D eigenvalue weighted by Crippen LogP contribution is -2.33. The molecule has 246 valence electrons. The maximum absolute atomic E-state index is 14.5. The number of rotatable bonds is 9. The summed E-state index contributed by atoms with van der Waals surface area (Å²) in [5.41, 5.74) is -5.47. The Morgan fingerprint density at radius 1 is 0.674 bits per heavy atom. The Morgan fingerprint density at radius 3 is 1.67 bits per heavy atom. The topological polar surface area (TPSA) is 61.9 Å². The van der Waals surface area contributed by atoms with Crippen LogP contribution in [0, 0.1) is 11.6 Å². The smallest absolute Gasteiger partial charge is 0.365 e. The van der Waals surface area contributed by atoms with Crippen molar-refractivity contribution >= 4 is 34.7 Å². The molecule has 0 aliphatic rings. The number of nitrogens with one attached hydrogen (secondary N) is 3. The molecule has 1 unspecified atom stereocenters. The number of anilines is 2. The van der Waals surface area contributed by atoms with Crippen molar-refractivity contribution in [1.82, 2.24) is 15.3 Å². The highest BCUT2D eigenvalue weighted by Crippen LogP contribution is 2.43. The fourth-order valence-corrected chi connectivity index (χ4v) is 4.74. The zero-order chi connectivity index (χ0) is 34.0. The molecule has 18 heteroatoms. The molecule has 0 saturated carbocycles. The van der Waals surface area contributed by atoms with Gasteiger partial charge in [-0.15, -0.1) is 0 Å². The van der Waals surface area contributed by atoms with Crippen molar-refractivity contribution in [2.24, 2.45) is 0 Å². The van der Waals surface area contributed by atoms with E-state index < -0.39 is 93.6 Å². The zero-order valence-corrected chi connectivity index (χ0v) is 24.1. The lowest BCUT2D eigenvalue weighted by Gasteiger charge is -2.28. The van der Waals surface area contributed by atoms with Crippen LogP contribution < -0.4 is 16.0 Å². The van der Waals surface area contributed by atoms with Crippen LogP contribution in [0.1, 0.15) is 39.9 Å². The first-order valence-electron chi connectivity index (χ1n) is 12.7. The van der Waals surface area contributed by atoms with E-state index >= 15 is 0 Å². The molecule has 1 heterocycles. The Morgan fingerprint density at radius 2 is 1.20 bits per heavy atom. The molecule has 1 atom stereocenters. The van der Waals surface area contributed by atoms with Gasteiger partial charge < -0.3 is 10.6 Å². The Bertz CT molecular complexity index is 1690. The molecule has 0 fully saturated rings. The number of nitrogens with zero attached hydrogens (tertiary/aromatic N) is 2. The van der Waals surface area contributed by atoms with Gasteiger partial charge in [0.15, 0.2) is 5.69 Å². The van der Waals surface area contributed by atoms with Gasteiger partial charge in [-0.25, -0.2) is 18.7 Å². The van der Waals surface area contributed by atoms with E-state index in [2.05, 4.69) is 25.9 Å². The molecule has 1 aromatic heterocycles. The summed E-state index contributed by atoms with van der Waals surface area (Å²) in [6.07, 6.45) is -18.1. The third-order valence-electron chi connectivity index (χ3n) is 6.27. The average Bonchev–Trinajstić information content (AvgIpc) is 2.95. The minimum atomic E-state index is -5.60. The van der Waals surface area contributed by atoms with Gasteiger partial charge in [-0.2, -0.15) is 39.5 Å². The summed E-state index contributed by atoms with van der Waals surface area (Å²) in [7, 11) is 0. The fourth-order valence-electron chi connectivity index (χ4n) is 4.14. The number of hydrogen-bond acceptors (Lipinski definition) is 5. The maximum Gasteiger partial charge on any atom is 0.451 e. The molecule has 5 nitrogen and oxygen atoms in total. The van der Waals surface area contributed by atoms with E-state index in [1.165, 1.54) is 36.4 Å².